The SMILES string of the molecule is C[C@@H](CCn1cncn1)Nc1cccc(N2CCCCC2)c1. The number of aryl methyl sites for hydroxylation is 1. The summed E-state index contributed by atoms with van der Waals surface area (Å²) in [4.78, 5) is 6.47. The molecule has 1 aliphatic heterocycles. The van der Waals surface area contributed by atoms with Crippen LogP contribution in [0.2, 0.25) is 0 Å². The molecule has 0 radical (unpaired) electrons. The van der Waals surface area contributed by atoms with E-state index in [0.717, 1.165) is 13.0 Å². The second-order valence-electron chi connectivity index (χ2n) is 6.09. The molecule has 1 N–H and O–H groups in total. The van der Waals surface area contributed by atoms with Gasteiger partial charge in [-0.2, -0.15) is 5.10 Å². The Morgan fingerprint density at radius 2 is 2.09 bits per heavy atom. The van der Waals surface area contributed by atoms with Crippen LogP contribution in [0.1, 0.15) is 32.6 Å². The summed E-state index contributed by atoms with van der Waals surface area (Å²) in [5, 5.41) is 7.74. The van der Waals surface area contributed by atoms with Crippen LogP contribution >= 0.6 is 0 Å². The Balaban J connectivity index is 1.55. The molecule has 2 aromatic rings. The van der Waals surface area contributed by atoms with E-state index in [2.05, 4.69) is 51.5 Å². The lowest BCUT2D eigenvalue weighted by molar-refractivity contribution is 0.544. The van der Waals surface area contributed by atoms with Gasteiger partial charge in [-0.05, 0) is 50.8 Å². The molecule has 1 aliphatic rings. The van der Waals surface area contributed by atoms with Crippen molar-refractivity contribution in [2.75, 3.05) is 23.3 Å². The number of nitrogens with zero attached hydrogens (tertiary/aromatic N) is 4. The van der Waals surface area contributed by atoms with Gasteiger partial charge in [0.1, 0.15) is 12.7 Å². The molecule has 0 bridgehead atoms. The lowest BCUT2D eigenvalue weighted by Crippen LogP contribution is -2.29. The Bertz CT molecular complexity index is 560. The van der Waals surface area contributed by atoms with Crippen LogP contribution in [0.3, 0.4) is 0 Å². The third-order valence-corrected chi connectivity index (χ3v) is 4.24. The third-order valence-electron chi connectivity index (χ3n) is 4.24. The number of anilines is 2. The molecule has 1 atom stereocenters. The highest BCUT2D eigenvalue weighted by atomic mass is 15.3. The van der Waals surface area contributed by atoms with Crippen LogP contribution in [0.4, 0.5) is 11.4 Å². The molecular weight excluding hydrogens is 274 g/mol. The van der Waals surface area contributed by atoms with Gasteiger partial charge in [0.25, 0.3) is 0 Å². The zero-order valence-corrected chi connectivity index (χ0v) is 13.3. The molecule has 1 fully saturated rings. The first kappa shape index (κ1) is 14.9. The summed E-state index contributed by atoms with van der Waals surface area (Å²) in [5.74, 6) is 0. The van der Waals surface area contributed by atoms with Crippen LogP contribution in [0, 0.1) is 0 Å². The smallest absolute Gasteiger partial charge is 0.137 e. The van der Waals surface area contributed by atoms with Gasteiger partial charge >= 0.3 is 0 Å². The molecule has 5 nitrogen and oxygen atoms in total. The normalized spacial score (nSPS) is 16.5. The predicted molar refractivity (Wildman–Crippen MR) is 90.2 cm³/mol. The molecule has 0 aliphatic carbocycles. The van der Waals surface area contributed by atoms with Gasteiger partial charge in [-0.1, -0.05) is 6.07 Å². The van der Waals surface area contributed by atoms with Gasteiger partial charge in [0.05, 0.1) is 0 Å². The highest BCUT2D eigenvalue weighted by Crippen LogP contribution is 2.23. The van der Waals surface area contributed by atoms with Gasteiger partial charge in [0.2, 0.25) is 0 Å². The molecule has 1 aromatic heterocycles. The van der Waals surface area contributed by atoms with Crippen molar-refractivity contribution in [2.45, 2.75) is 45.2 Å². The van der Waals surface area contributed by atoms with Crippen LogP contribution in [0.25, 0.3) is 0 Å². The Morgan fingerprint density at radius 1 is 1.23 bits per heavy atom. The van der Waals surface area contributed by atoms with Crippen LogP contribution < -0.4 is 10.2 Å². The number of nitrogens with one attached hydrogen (secondary N) is 1. The molecule has 3 rings (SSSR count). The highest BCUT2D eigenvalue weighted by molar-refractivity contribution is 5.58. The first-order valence-corrected chi connectivity index (χ1v) is 8.25. The number of hydrogen-bond donors (Lipinski definition) is 1. The number of rotatable bonds is 6. The van der Waals surface area contributed by atoms with E-state index in [1.165, 1.54) is 43.7 Å². The van der Waals surface area contributed by atoms with Gasteiger partial charge < -0.3 is 10.2 Å². The summed E-state index contributed by atoms with van der Waals surface area (Å²) in [7, 11) is 0. The summed E-state index contributed by atoms with van der Waals surface area (Å²) in [6.07, 6.45) is 8.37. The number of aromatic nitrogens is 3. The van der Waals surface area contributed by atoms with E-state index in [0.29, 0.717) is 6.04 Å². The molecule has 118 valence electrons. The second kappa shape index (κ2) is 7.29. The average Bonchev–Trinajstić information content (AvgIpc) is 3.08. The lowest BCUT2D eigenvalue weighted by atomic mass is 10.1. The van der Waals surface area contributed by atoms with E-state index in [-0.39, 0.29) is 0 Å². The van der Waals surface area contributed by atoms with Gasteiger partial charge in [0.15, 0.2) is 0 Å². The van der Waals surface area contributed by atoms with E-state index in [1.807, 2.05) is 4.68 Å². The summed E-state index contributed by atoms with van der Waals surface area (Å²) in [6.45, 7) is 5.47. The van der Waals surface area contributed by atoms with Crippen molar-refractivity contribution in [2.24, 2.45) is 0 Å². The molecule has 0 unspecified atom stereocenters. The van der Waals surface area contributed by atoms with E-state index < -0.39 is 0 Å². The predicted octanol–water partition coefficient (Wildman–Crippen LogP) is 3.16. The third kappa shape index (κ3) is 4.00. The van der Waals surface area contributed by atoms with Crippen molar-refractivity contribution in [1.29, 1.82) is 0 Å². The maximum absolute atomic E-state index is 4.14. The largest absolute Gasteiger partial charge is 0.382 e. The van der Waals surface area contributed by atoms with Gasteiger partial charge in [0, 0.05) is 37.1 Å². The number of benzene rings is 1. The molecule has 0 spiro atoms. The molecule has 5 heteroatoms. The maximum Gasteiger partial charge on any atom is 0.137 e. The fraction of sp³-hybridized carbons (Fsp3) is 0.529. The molecule has 1 saturated heterocycles. The maximum atomic E-state index is 4.14. The second-order valence-corrected chi connectivity index (χ2v) is 6.09. The van der Waals surface area contributed by atoms with Gasteiger partial charge in [-0.15, -0.1) is 0 Å². The fourth-order valence-corrected chi connectivity index (χ4v) is 2.98. The molecule has 22 heavy (non-hydrogen) atoms. The molecule has 2 heterocycles. The average molecular weight is 299 g/mol. The van der Waals surface area contributed by atoms with Crippen molar-refractivity contribution in [1.82, 2.24) is 14.8 Å². The molecular formula is C17H25N5. The minimum Gasteiger partial charge on any atom is -0.382 e. The summed E-state index contributed by atoms with van der Waals surface area (Å²) < 4.78 is 1.88. The Kier molecular flexibility index (Phi) is 4.93. The highest BCUT2D eigenvalue weighted by Gasteiger charge is 2.11. The number of piperidine rings is 1. The van der Waals surface area contributed by atoms with Crippen molar-refractivity contribution < 1.29 is 0 Å². The zero-order chi connectivity index (χ0) is 15.2. The van der Waals surface area contributed by atoms with E-state index in [1.54, 1.807) is 12.7 Å². The van der Waals surface area contributed by atoms with Crippen molar-refractivity contribution >= 4 is 11.4 Å². The van der Waals surface area contributed by atoms with Crippen molar-refractivity contribution in [3.63, 3.8) is 0 Å². The zero-order valence-electron chi connectivity index (χ0n) is 13.3. The van der Waals surface area contributed by atoms with Crippen LogP contribution in [0.15, 0.2) is 36.9 Å². The van der Waals surface area contributed by atoms with E-state index in [4.69, 9.17) is 0 Å². The van der Waals surface area contributed by atoms with Crippen molar-refractivity contribution in [3.05, 3.63) is 36.9 Å². The standard InChI is InChI=1S/C17H25N5/c1-15(8-11-22-14-18-13-19-22)20-16-6-5-7-17(12-16)21-9-3-2-4-10-21/h5-7,12-15,20H,2-4,8-11H2,1H3/t15-/m0/s1. The summed E-state index contributed by atoms with van der Waals surface area (Å²) in [5.41, 5.74) is 2.54. The quantitative estimate of drug-likeness (QED) is 0.890. The van der Waals surface area contributed by atoms with Gasteiger partial charge in [-0.25, -0.2) is 4.98 Å². The molecule has 0 saturated carbocycles. The van der Waals surface area contributed by atoms with E-state index >= 15 is 0 Å². The first-order chi connectivity index (χ1) is 10.8. The van der Waals surface area contributed by atoms with Crippen LogP contribution in [-0.2, 0) is 6.54 Å². The molecule has 1 aromatic carbocycles. The fourth-order valence-electron chi connectivity index (χ4n) is 2.98. The van der Waals surface area contributed by atoms with Crippen molar-refractivity contribution in [3.8, 4) is 0 Å². The van der Waals surface area contributed by atoms with E-state index in [9.17, 15) is 0 Å². The Hall–Kier alpha value is -2.04. The van der Waals surface area contributed by atoms with Crippen LogP contribution in [0.5, 0.6) is 0 Å². The minimum absolute atomic E-state index is 0.404. The lowest BCUT2D eigenvalue weighted by Gasteiger charge is -2.29. The van der Waals surface area contributed by atoms with Gasteiger partial charge in [-0.3, -0.25) is 4.68 Å². The molecule has 0 amide bonds. The minimum atomic E-state index is 0.404. The first-order valence-electron chi connectivity index (χ1n) is 8.25. The monoisotopic (exact) mass is 299 g/mol. The Morgan fingerprint density at radius 3 is 2.86 bits per heavy atom. The topological polar surface area (TPSA) is 46.0 Å². The Labute approximate surface area is 132 Å². The summed E-state index contributed by atoms with van der Waals surface area (Å²) >= 11 is 0. The summed E-state index contributed by atoms with van der Waals surface area (Å²) in [6, 6.07) is 9.20. The van der Waals surface area contributed by atoms with Crippen LogP contribution in [-0.4, -0.2) is 33.9 Å². The number of hydrogen-bond acceptors (Lipinski definition) is 4.